The predicted molar refractivity (Wildman–Crippen MR) is 66.1 cm³/mol. The molecule has 1 saturated heterocycles. The van der Waals surface area contributed by atoms with Crippen molar-refractivity contribution in [1.82, 2.24) is 14.5 Å². The third kappa shape index (κ3) is 1.77. The maximum Gasteiger partial charge on any atom is 0.260 e. The Morgan fingerprint density at radius 2 is 2.06 bits per heavy atom. The zero-order valence-electron chi connectivity index (χ0n) is 10.2. The molecule has 1 aliphatic heterocycles. The molecule has 2 atom stereocenters. The first-order valence-electron chi connectivity index (χ1n) is 6.35. The van der Waals surface area contributed by atoms with Crippen molar-refractivity contribution in [2.75, 3.05) is 13.1 Å². The lowest BCUT2D eigenvalue weighted by atomic mass is 10.0. The number of nitrogens with one attached hydrogen (secondary N) is 1. The molecule has 0 radical (unpaired) electrons. The van der Waals surface area contributed by atoms with Gasteiger partial charge in [-0.2, -0.15) is 9.40 Å². The van der Waals surface area contributed by atoms with Gasteiger partial charge in [-0.1, -0.05) is 6.42 Å². The maximum absolute atomic E-state index is 12.5. The lowest BCUT2D eigenvalue weighted by Crippen LogP contribution is -2.30. The Balaban J connectivity index is 1.88. The first kappa shape index (κ1) is 12.1. The Labute approximate surface area is 107 Å². The highest BCUT2D eigenvalue weighted by molar-refractivity contribution is 7.89. The number of aromatic nitrogens is 2. The van der Waals surface area contributed by atoms with Crippen molar-refractivity contribution in [2.45, 2.75) is 30.8 Å². The number of nitrogens with zero attached hydrogens (tertiary/aromatic N) is 2. The van der Waals surface area contributed by atoms with E-state index in [0.717, 1.165) is 12.8 Å². The van der Waals surface area contributed by atoms with Crippen LogP contribution < -0.4 is 5.73 Å². The van der Waals surface area contributed by atoms with E-state index in [9.17, 15) is 8.42 Å². The van der Waals surface area contributed by atoms with Crippen LogP contribution in [0.3, 0.4) is 0 Å². The van der Waals surface area contributed by atoms with Gasteiger partial charge in [0.25, 0.3) is 10.0 Å². The molecule has 2 heterocycles. The molecule has 1 aliphatic carbocycles. The van der Waals surface area contributed by atoms with Gasteiger partial charge in [0.15, 0.2) is 5.03 Å². The van der Waals surface area contributed by atoms with Crippen LogP contribution in [0, 0.1) is 11.8 Å². The zero-order chi connectivity index (χ0) is 12.8. The molecule has 0 aromatic carbocycles. The van der Waals surface area contributed by atoms with Crippen LogP contribution in [0.15, 0.2) is 11.2 Å². The second-order valence-electron chi connectivity index (χ2n) is 5.20. The van der Waals surface area contributed by atoms with Crippen molar-refractivity contribution >= 4 is 10.0 Å². The molecule has 0 bridgehead atoms. The van der Waals surface area contributed by atoms with Crippen LogP contribution in [0.1, 0.15) is 24.8 Å². The highest BCUT2D eigenvalue weighted by Gasteiger charge is 2.42. The summed E-state index contributed by atoms with van der Waals surface area (Å²) in [6.07, 6.45) is 5.04. The van der Waals surface area contributed by atoms with Crippen LogP contribution in [0.5, 0.6) is 0 Å². The van der Waals surface area contributed by atoms with Crippen molar-refractivity contribution in [2.24, 2.45) is 17.6 Å². The first-order valence-corrected chi connectivity index (χ1v) is 7.79. The summed E-state index contributed by atoms with van der Waals surface area (Å²) >= 11 is 0. The number of sulfonamides is 1. The molecule has 18 heavy (non-hydrogen) atoms. The minimum absolute atomic E-state index is 0.171. The molecule has 100 valence electrons. The van der Waals surface area contributed by atoms with Gasteiger partial charge in [-0.05, 0) is 24.7 Å². The maximum atomic E-state index is 12.5. The third-order valence-corrected chi connectivity index (χ3v) is 6.04. The monoisotopic (exact) mass is 270 g/mol. The van der Waals surface area contributed by atoms with E-state index in [1.165, 1.54) is 12.6 Å². The number of aromatic amines is 1. The van der Waals surface area contributed by atoms with Crippen LogP contribution in [0.2, 0.25) is 0 Å². The quantitative estimate of drug-likeness (QED) is 0.825. The summed E-state index contributed by atoms with van der Waals surface area (Å²) < 4.78 is 26.6. The largest absolute Gasteiger partial charge is 0.326 e. The summed E-state index contributed by atoms with van der Waals surface area (Å²) in [5, 5.41) is 6.54. The Bertz CT molecular complexity index is 527. The Morgan fingerprint density at radius 1 is 1.39 bits per heavy atom. The van der Waals surface area contributed by atoms with E-state index in [4.69, 9.17) is 5.73 Å². The summed E-state index contributed by atoms with van der Waals surface area (Å²) in [5.41, 5.74) is 6.10. The molecule has 0 amide bonds. The summed E-state index contributed by atoms with van der Waals surface area (Å²) in [6.45, 7) is 1.48. The number of nitrogens with two attached hydrogens (primary N) is 1. The lowest BCUT2D eigenvalue weighted by molar-refractivity contribution is 0.442. The standard InChI is InChI=1S/C11H18N4O2S/c12-4-10-5-13-14-11(10)18(16,17)15-6-8-2-1-3-9(8)7-15/h5,8-9H,1-4,6-7,12H2,(H,13,14). The summed E-state index contributed by atoms with van der Waals surface area (Å²) in [7, 11) is -3.44. The first-order chi connectivity index (χ1) is 8.63. The van der Waals surface area contributed by atoms with Gasteiger partial charge >= 0.3 is 0 Å². The lowest BCUT2D eigenvalue weighted by Gasteiger charge is -2.16. The number of H-pyrrole nitrogens is 1. The molecule has 2 fully saturated rings. The van der Waals surface area contributed by atoms with Crippen LogP contribution in [0.25, 0.3) is 0 Å². The molecule has 2 aliphatic rings. The van der Waals surface area contributed by atoms with Crippen molar-refractivity contribution in [3.63, 3.8) is 0 Å². The molecule has 6 nitrogen and oxygen atoms in total. The van der Waals surface area contributed by atoms with Crippen LogP contribution >= 0.6 is 0 Å². The molecule has 1 aromatic heterocycles. The molecule has 3 N–H and O–H groups in total. The SMILES string of the molecule is NCc1cn[nH]c1S(=O)(=O)N1CC2CCCC2C1. The van der Waals surface area contributed by atoms with E-state index < -0.39 is 10.0 Å². The van der Waals surface area contributed by atoms with Gasteiger partial charge in [-0.3, -0.25) is 5.10 Å². The average molecular weight is 270 g/mol. The van der Waals surface area contributed by atoms with E-state index in [-0.39, 0.29) is 11.6 Å². The molecule has 3 rings (SSSR count). The number of fused-ring (bicyclic) bond motifs is 1. The molecule has 7 heteroatoms. The Morgan fingerprint density at radius 3 is 2.67 bits per heavy atom. The van der Waals surface area contributed by atoms with E-state index in [2.05, 4.69) is 10.2 Å². The second-order valence-corrected chi connectivity index (χ2v) is 7.08. The average Bonchev–Trinajstić information content (AvgIpc) is 3.03. The zero-order valence-corrected chi connectivity index (χ0v) is 11.0. The topological polar surface area (TPSA) is 92.1 Å². The highest BCUT2D eigenvalue weighted by Crippen LogP contribution is 2.39. The summed E-state index contributed by atoms with van der Waals surface area (Å²) in [6, 6.07) is 0. The number of hydrogen-bond donors (Lipinski definition) is 2. The van der Waals surface area contributed by atoms with Gasteiger partial charge in [0.05, 0.1) is 6.20 Å². The van der Waals surface area contributed by atoms with Crippen LogP contribution in [-0.2, 0) is 16.6 Å². The van der Waals surface area contributed by atoms with Crippen LogP contribution in [-0.4, -0.2) is 36.0 Å². The van der Waals surface area contributed by atoms with E-state index >= 15 is 0 Å². The molecular weight excluding hydrogens is 252 g/mol. The number of hydrogen-bond acceptors (Lipinski definition) is 4. The fourth-order valence-electron chi connectivity index (χ4n) is 3.19. The van der Waals surface area contributed by atoms with E-state index in [1.807, 2.05) is 0 Å². The summed E-state index contributed by atoms with van der Waals surface area (Å²) in [5.74, 6) is 1.09. The van der Waals surface area contributed by atoms with Gasteiger partial charge < -0.3 is 5.73 Å². The van der Waals surface area contributed by atoms with Gasteiger partial charge in [0.1, 0.15) is 0 Å². The highest BCUT2D eigenvalue weighted by atomic mass is 32.2. The minimum atomic E-state index is -3.44. The fraction of sp³-hybridized carbons (Fsp3) is 0.727. The third-order valence-electron chi connectivity index (χ3n) is 4.19. The van der Waals surface area contributed by atoms with Crippen molar-refractivity contribution in [1.29, 1.82) is 0 Å². The van der Waals surface area contributed by atoms with Crippen LogP contribution in [0.4, 0.5) is 0 Å². The van der Waals surface area contributed by atoms with Gasteiger partial charge in [-0.25, -0.2) is 8.42 Å². The predicted octanol–water partition coefficient (Wildman–Crippen LogP) is 0.289. The normalized spacial score (nSPS) is 28.7. The molecular formula is C11H18N4O2S. The smallest absolute Gasteiger partial charge is 0.260 e. The van der Waals surface area contributed by atoms with Gasteiger partial charge in [0.2, 0.25) is 0 Å². The molecule has 1 aromatic rings. The van der Waals surface area contributed by atoms with E-state index in [1.54, 1.807) is 4.31 Å². The van der Waals surface area contributed by atoms with Crippen molar-refractivity contribution in [3.05, 3.63) is 11.8 Å². The minimum Gasteiger partial charge on any atom is -0.326 e. The Kier molecular flexibility index (Phi) is 2.91. The van der Waals surface area contributed by atoms with Crippen molar-refractivity contribution < 1.29 is 8.42 Å². The molecule has 0 spiro atoms. The molecule has 1 saturated carbocycles. The van der Waals surface area contributed by atoms with Crippen molar-refractivity contribution in [3.8, 4) is 0 Å². The Hall–Kier alpha value is -0.920. The van der Waals surface area contributed by atoms with Gasteiger partial charge in [0, 0.05) is 25.2 Å². The second kappa shape index (κ2) is 4.32. The summed E-state index contributed by atoms with van der Waals surface area (Å²) in [4.78, 5) is 0. The molecule has 2 unspecified atom stereocenters. The van der Waals surface area contributed by atoms with E-state index in [0.29, 0.717) is 30.5 Å². The number of rotatable bonds is 3. The van der Waals surface area contributed by atoms with Gasteiger partial charge in [-0.15, -0.1) is 0 Å². The fourth-order valence-corrected chi connectivity index (χ4v) is 4.85.